The fourth-order valence-electron chi connectivity index (χ4n) is 2.57. The molecule has 1 aromatic rings. The van der Waals surface area contributed by atoms with Crippen molar-refractivity contribution in [2.75, 3.05) is 57.8 Å². The number of amides is 1. The Labute approximate surface area is 127 Å². The maximum absolute atomic E-state index is 12.1. The number of nitrogens with zero attached hydrogens (tertiary/aromatic N) is 3. The minimum Gasteiger partial charge on any atom is -0.369 e. The second-order valence-corrected chi connectivity index (χ2v) is 5.56. The summed E-state index contributed by atoms with van der Waals surface area (Å²) >= 11 is 0. The summed E-state index contributed by atoms with van der Waals surface area (Å²) in [5, 5.41) is 0. The molecule has 1 fully saturated rings. The van der Waals surface area contributed by atoms with Crippen molar-refractivity contribution >= 4 is 11.6 Å². The second-order valence-electron chi connectivity index (χ2n) is 5.56. The van der Waals surface area contributed by atoms with Gasteiger partial charge in [-0.1, -0.05) is 18.2 Å². The molecular formula is C16H26N4O. The van der Waals surface area contributed by atoms with Gasteiger partial charge in [-0.05, 0) is 25.1 Å². The SMILES string of the molecule is CN(CCCN)C(=O)CN1CCN(c2ccccc2)CC1. The lowest BCUT2D eigenvalue weighted by molar-refractivity contribution is -0.131. The van der Waals surface area contributed by atoms with E-state index in [0.29, 0.717) is 13.1 Å². The normalized spacial score (nSPS) is 16.0. The second kappa shape index (κ2) is 8.00. The molecule has 0 radical (unpaired) electrons. The van der Waals surface area contributed by atoms with Gasteiger partial charge in [-0.3, -0.25) is 9.69 Å². The number of hydrogen-bond donors (Lipinski definition) is 1. The van der Waals surface area contributed by atoms with Crippen LogP contribution < -0.4 is 10.6 Å². The number of carbonyl (C=O) groups is 1. The molecule has 1 saturated heterocycles. The van der Waals surface area contributed by atoms with Gasteiger partial charge in [0.15, 0.2) is 0 Å². The minimum absolute atomic E-state index is 0.191. The first-order valence-corrected chi connectivity index (χ1v) is 7.67. The Morgan fingerprint density at radius 1 is 1.19 bits per heavy atom. The number of carbonyl (C=O) groups excluding carboxylic acids is 1. The van der Waals surface area contributed by atoms with Gasteiger partial charge < -0.3 is 15.5 Å². The highest BCUT2D eigenvalue weighted by Gasteiger charge is 2.20. The summed E-state index contributed by atoms with van der Waals surface area (Å²) in [5.41, 5.74) is 6.75. The van der Waals surface area contributed by atoms with Gasteiger partial charge in [-0.2, -0.15) is 0 Å². The fraction of sp³-hybridized carbons (Fsp3) is 0.562. The van der Waals surface area contributed by atoms with Gasteiger partial charge in [0.25, 0.3) is 0 Å². The van der Waals surface area contributed by atoms with Crippen molar-refractivity contribution in [3.05, 3.63) is 30.3 Å². The molecule has 2 rings (SSSR count). The third kappa shape index (κ3) is 4.72. The quantitative estimate of drug-likeness (QED) is 0.834. The van der Waals surface area contributed by atoms with Crippen molar-refractivity contribution in [3.63, 3.8) is 0 Å². The molecular weight excluding hydrogens is 264 g/mol. The third-order valence-electron chi connectivity index (χ3n) is 3.98. The molecule has 0 bridgehead atoms. The number of piperazine rings is 1. The van der Waals surface area contributed by atoms with E-state index in [0.717, 1.165) is 39.1 Å². The zero-order valence-corrected chi connectivity index (χ0v) is 12.9. The summed E-state index contributed by atoms with van der Waals surface area (Å²) in [6, 6.07) is 10.5. The molecule has 21 heavy (non-hydrogen) atoms. The number of anilines is 1. The highest BCUT2D eigenvalue weighted by molar-refractivity contribution is 5.78. The van der Waals surface area contributed by atoms with E-state index in [1.807, 2.05) is 13.1 Å². The average molecular weight is 290 g/mol. The van der Waals surface area contributed by atoms with E-state index in [2.05, 4.69) is 34.1 Å². The number of hydrogen-bond acceptors (Lipinski definition) is 4. The molecule has 0 aromatic heterocycles. The van der Waals surface area contributed by atoms with Crippen molar-refractivity contribution < 1.29 is 4.79 Å². The highest BCUT2D eigenvalue weighted by Crippen LogP contribution is 2.15. The van der Waals surface area contributed by atoms with Crippen molar-refractivity contribution in [1.82, 2.24) is 9.80 Å². The number of rotatable bonds is 6. The summed E-state index contributed by atoms with van der Waals surface area (Å²) in [6.07, 6.45) is 0.865. The largest absolute Gasteiger partial charge is 0.369 e. The minimum atomic E-state index is 0.191. The molecule has 5 heteroatoms. The molecule has 0 unspecified atom stereocenters. The topological polar surface area (TPSA) is 52.8 Å². The first-order valence-electron chi connectivity index (χ1n) is 7.67. The molecule has 0 spiro atoms. The standard InChI is InChI=1S/C16H26N4O/c1-18(9-5-8-17)16(21)14-19-10-12-20(13-11-19)15-6-3-2-4-7-15/h2-4,6-7H,5,8-14,17H2,1H3. The lowest BCUT2D eigenvalue weighted by Gasteiger charge is -2.36. The molecule has 1 aliphatic heterocycles. The summed E-state index contributed by atoms with van der Waals surface area (Å²) in [5.74, 6) is 0.191. The Balaban J connectivity index is 1.75. The van der Waals surface area contributed by atoms with Gasteiger partial charge in [-0.15, -0.1) is 0 Å². The zero-order chi connectivity index (χ0) is 15.1. The lowest BCUT2D eigenvalue weighted by atomic mass is 10.2. The van der Waals surface area contributed by atoms with Gasteiger partial charge in [0.2, 0.25) is 5.91 Å². The Morgan fingerprint density at radius 3 is 2.48 bits per heavy atom. The molecule has 5 nitrogen and oxygen atoms in total. The van der Waals surface area contributed by atoms with Crippen molar-refractivity contribution in [3.8, 4) is 0 Å². The third-order valence-corrected chi connectivity index (χ3v) is 3.98. The summed E-state index contributed by atoms with van der Waals surface area (Å²) in [7, 11) is 1.86. The van der Waals surface area contributed by atoms with Gasteiger partial charge in [-0.25, -0.2) is 0 Å². The number of likely N-dealkylation sites (N-methyl/N-ethyl adjacent to an activating group) is 1. The molecule has 116 valence electrons. The van der Waals surface area contributed by atoms with E-state index in [1.54, 1.807) is 4.90 Å². The van der Waals surface area contributed by atoms with E-state index >= 15 is 0 Å². The highest BCUT2D eigenvalue weighted by atomic mass is 16.2. The Morgan fingerprint density at radius 2 is 1.86 bits per heavy atom. The molecule has 0 atom stereocenters. The average Bonchev–Trinajstić information content (AvgIpc) is 2.54. The van der Waals surface area contributed by atoms with Crippen LogP contribution in [0.5, 0.6) is 0 Å². The van der Waals surface area contributed by atoms with Crippen molar-refractivity contribution in [1.29, 1.82) is 0 Å². The predicted molar refractivity (Wildman–Crippen MR) is 86.4 cm³/mol. The number of para-hydroxylation sites is 1. The van der Waals surface area contributed by atoms with Crippen LogP contribution in [0.3, 0.4) is 0 Å². The molecule has 1 heterocycles. The van der Waals surface area contributed by atoms with Crippen LogP contribution in [0.2, 0.25) is 0 Å². The Hall–Kier alpha value is -1.59. The van der Waals surface area contributed by atoms with Crippen LogP contribution in [0.25, 0.3) is 0 Å². The van der Waals surface area contributed by atoms with Gasteiger partial charge >= 0.3 is 0 Å². The lowest BCUT2D eigenvalue weighted by Crippen LogP contribution is -2.49. The maximum atomic E-state index is 12.1. The van der Waals surface area contributed by atoms with E-state index in [-0.39, 0.29) is 5.91 Å². The van der Waals surface area contributed by atoms with Crippen LogP contribution in [0.15, 0.2) is 30.3 Å². The molecule has 1 aliphatic rings. The van der Waals surface area contributed by atoms with E-state index in [1.165, 1.54) is 5.69 Å². The summed E-state index contributed by atoms with van der Waals surface area (Å²) in [6.45, 7) is 5.72. The first kappa shape index (κ1) is 15.8. The Bertz CT molecular complexity index is 429. The summed E-state index contributed by atoms with van der Waals surface area (Å²) < 4.78 is 0. The Kier molecular flexibility index (Phi) is 6.02. The maximum Gasteiger partial charge on any atom is 0.236 e. The molecule has 0 saturated carbocycles. The van der Waals surface area contributed by atoms with Crippen LogP contribution >= 0.6 is 0 Å². The van der Waals surface area contributed by atoms with Crippen LogP contribution in [0, 0.1) is 0 Å². The van der Waals surface area contributed by atoms with Gasteiger partial charge in [0.1, 0.15) is 0 Å². The van der Waals surface area contributed by atoms with Crippen LogP contribution in [0.4, 0.5) is 5.69 Å². The van der Waals surface area contributed by atoms with Gasteiger partial charge in [0, 0.05) is 45.5 Å². The van der Waals surface area contributed by atoms with Crippen molar-refractivity contribution in [2.24, 2.45) is 5.73 Å². The van der Waals surface area contributed by atoms with E-state index in [4.69, 9.17) is 5.73 Å². The fourth-order valence-corrected chi connectivity index (χ4v) is 2.57. The van der Waals surface area contributed by atoms with Crippen molar-refractivity contribution in [2.45, 2.75) is 6.42 Å². The predicted octanol–water partition coefficient (Wildman–Crippen LogP) is 0.616. The van der Waals surface area contributed by atoms with E-state index < -0.39 is 0 Å². The molecule has 1 aromatic carbocycles. The monoisotopic (exact) mass is 290 g/mol. The van der Waals surface area contributed by atoms with Gasteiger partial charge in [0.05, 0.1) is 6.54 Å². The number of benzene rings is 1. The van der Waals surface area contributed by atoms with Crippen LogP contribution in [-0.2, 0) is 4.79 Å². The molecule has 1 amide bonds. The molecule has 2 N–H and O–H groups in total. The summed E-state index contributed by atoms with van der Waals surface area (Å²) in [4.78, 5) is 18.5. The van der Waals surface area contributed by atoms with Crippen LogP contribution in [-0.4, -0.2) is 68.6 Å². The van der Waals surface area contributed by atoms with E-state index in [9.17, 15) is 4.79 Å². The smallest absolute Gasteiger partial charge is 0.236 e. The van der Waals surface area contributed by atoms with Crippen LogP contribution in [0.1, 0.15) is 6.42 Å². The molecule has 0 aliphatic carbocycles. The first-order chi connectivity index (χ1) is 10.2. The zero-order valence-electron chi connectivity index (χ0n) is 12.9. The number of nitrogens with two attached hydrogens (primary N) is 1.